The smallest absolute Gasteiger partial charge is 0.339 e. The van der Waals surface area contributed by atoms with Crippen molar-refractivity contribution in [2.45, 2.75) is 32.3 Å². The summed E-state index contributed by atoms with van der Waals surface area (Å²) in [5.74, 6) is 0.425. The average molecular weight is 411 g/mol. The molecule has 1 aliphatic rings. The van der Waals surface area contributed by atoms with E-state index in [-0.39, 0.29) is 12.5 Å². The maximum absolute atomic E-state index is 12.8. The van der Waals surface area contributed by atoms with E-state index in [2.05, 4.69) is 20.3 Å². The van der Waals surface area contributed by atoms with Crippen molar-refractivity contribution in [1.29, 1.82) is 0 Å². The van der Waals surface area contributed by atoms with E-state index < -0.39 is 5.97 Å². The van der Waals surface area contributed by atoms with Crippen LogP contribution in [0.15, 0.2) is 39.4 Å². The van der Waals surface area contributed by atoms with Gasteiger partial charge >= 0.3 is 5.97 Å². The summed E-state index contributed by atoms with van der Waals surface area (Å²) in [5.41, 5.74) is 2.89. The molecule has 1 aliphatic carbocycles. The molecule has 0 saturated heterocycles. The van der Waals surface area contributed by atoms with E-state index >= 15 is 0 Å². The number of nitrogens with zero attached hydrogens (tertiary/aromatic N) is 4. The van der Waals surface area contributed by atoms with Crippen LogP contribution in [0.2, 0.25) is 5.02 Å². The Kier molecular flexibility index (Phi) is 4.28. The fraction of sp³-hybridized carbons (Fsp3) is 0.250. The van der Waals surface area contributed by atoms with Crippen LogP contribution in [0.1, 0.15) is 46.4 Å². The van der Waals surface area contributed by atoms with Crippen LogP contribution in [-0.4, -0.2) is 26.3 Å². The van der Waals surface area contributed by atoms with Crippen molar-refractivity contribution in [3.8, 4) is 11.4 Å². The third-order valence-electron chi connectivity index (χ3n) is 4.75. The first kappa shape index (κ1) is 17.8. The Morgan fingerprint density at radius 2 is 1.97 bits per heavy atom. The molecule has 5 rings (SSSR count). The van der Waals surface area contributed by atoms with Gasteiger partial charge < -0.3 is 13.8 Å². The standard InChI is InChI=1S/C20H15ClN4O4/c1-10-17-14(8-15(11-2-3-11)22-19(17)29-24-10)20(26)27-9-16-23-18(25-28-16)12-4-6-13(21)7-5-12/h4-8,11H,2-3,9H2,1H3. The number of benzene rings is 1. The number of hydrogen-bond acceptors (Lipinski definition) is 8. The Bertz CT molecular complexity index is 1210. The van der Waals surface area contributed by atoms with Crippen LogP contribution in [0.4, 0.5) is 0 Å². The molecule has 3 heterocycles. The summed E-state index contributed by atoms with van der Waals surface area (Å²) in [6, 6.07) is 8.80. The molecule has 0 amide bonds. The normalized spacial score (nSPS) is 13.7. The fourth-order valence-electron chi connectivity index (χ4n) is 3.10. The van der Waals surface area contributed by atoms with Crippen molar-refractivity contribution < 1.29 is 18.6 Å². The number of halogens is 1. The molecule has 0 atom stereocenters. The van der Waals surface area contributed by atoms with E-state index in [1.54, 1.807) is 37.3 Å². The maximum atomic E-state index is 12.8. The number of hydrogen-bond donors (Lipinski definition) is 0. The number of esters is 1. The number of carbonyl (C=O) groups excluding carboxylic acids is 1. The number of pyridine rings is 1. The highest BCUT2D eigenvalue weighted by Gasteiger charge is 2.29. The monoisotopic (exact) mass is 410 g/mol. The summed E-state index contributed by atoms with van der Waals surface area (Å²) in [7, 11) is 0. The van der Waals surface area contributed by atoms with E-state index in [1.807, 2.05) is 0 Å². The molecule has 1 fully saturated rings. The number of rotatable bonds is 5. The lowest BCUT2D eigenvalue weighted by Gasteiger charge is -2.05. The van der Waals surface area contributed by atoms with Gasteiger partial charge in [0.05, 0.1) is 16.6 Å². The fourth-order valence-corrected chi connectivity index (χ4v) is 3.22. The van der Waals surface area contributed by atoms with Gasteiger partial charge in [-0.25, -0.2) is 9.78 Å². The van der Waals surface area contributed by atoms with Crippen LogP contribution in [-0.2, 0) is 11.3 Å². The van der Waals surface area contributed by atoms with Gasteiger partial charge in [0.1, 0.15) is 0 Å². The van der Waals surface area contributed by atoms with Crippen LogP contribution in [0, 0.1) is 6.92 Å². The van der Waals surface area contributed by atoms with Crippen molar-refractivity contribution in [1.82, 2.24) is 20.3 Å². The molecule has 0 aliphatic heterocycles. The zero-order chi connectivity index (χ0) is 20.0. The van der Waals surface area contributed by atoms with Gasteiger partial charge in [-0.2, -0.15) is 4.98 Å². The number of carbonyl (C=O) groups is 1. The van der Waals surface area contributed by atoms with Gasteiger partial charge in [-0.1, -0.05) is 21.9 Å². The van der Waals surface area contributed by atoms with Gasteiger partial charge in [0.2, 0.25) is 5.82 Å². The van der Waals surface area contributed by atoms with E-state index in [0.29, 0.717) is 39.1 Å². The second kappa shape index (κ2) is 6.97. The van der Waals surface area contributed by atoms with Gasteiger partial charge in [-0.3, -0.25) is 0 Å². The molecule has 0 bridgehead atoms. The molecule has 8 nitrogen and oxygen atoms in total. The van der Waals surface area contributed by atoms with E-state index in [0.717, 1.165) is 24.1 Å². The highest BCUT2D eigenvalue weighted by molar-refractivity contribution is 6.30. The predicted molar refractivity (Wildman–Crippen MR) is 102 cm³/mol. The van der Waals surface area contributed by atoms with E-state index in [1.165, 1.54) is 0 Å². The van der Waals surface area contributed by atoms with Crippen molar-refractivity contribution >= 4 is 28.7 Å². The van der Waals surface area contributed by atoms with Crippen molar-refractivity contribution in [3.63, 3.8) is 0 Å². The van der Waals surface area contributed by atoms with Crippen LogP contribution in [0.3, 0.4) is 0 Å². The minimum atomic E-state index is -0.517. The molecular weight excluding hydrogens is 396 g/mol. The van der Waals surface area contributed by atoms with E-state index in [4.69, 9.17) is 25.4 Å². The van der Waals surface area contributed by atoms with Gasteiger partial charge in [0.15, 0.2) is 6.61 Å². The average Bonchev–Trinajstić information content (AvgIpc) is 3.37. The quantitative estimate of drug-likeness (QED) is 0.444. The lowest BCUT2D eigenvalue weighted by Crippen LogP contribution is -2.08. The SMILES string of the molecule is Cc1noc2nc(C3CC3)cc(C(=O)OCc3nc(-c4ccc(Cl)cc4)no3)c12. The summed E-state index contributed by atoms with van der Waals surface area (Å²) in [4.78, 5) is 21.5. The molecule has 1 aromatic carbocycles. The first-order valence-electron chi connectivity index (χ1n) is 9.11. The Labute approximate surface area is 169 Å². The minimum Gasteiger partial charge on any atom is -0.452 e. The summed E-state index contributed by atoms with van der Waals surface area (Å²) in [5, 5.41) is 9.02. The molecule has 1 saturated carbocycles. The first-order valence-corrected chi connectivity index (χ1v) is 9.49. The largest absolute Gasteiger partial charge is 0.452 e. The zero-order valence-electron chi connectivity index (χ0n) is 15.4. The van der Waals surface area contributed by atoms with Gasteiger partial charge in [-0.05, 0) is 50.1 Å². The highest BCUT2D eigenvalue weighted by atomic mass is 35.5. The molecule has 146 valence electrons. The lowest BCUT2D eigenvalue weighted by atomic mass is 10.1. The Morgan fingerprint density at radius 1 is 1.17 bits per heavy atom. The van der Waals surface area contributed by atoms with Crippen molar-refractivity contribution in [2.75, 3.05) is 0 Å². The van der Waals surface area contributed by atoms with Gasteiger partial charge in [0.25, 0.3) is 11.6 Å². The van der Waals surface area contributed by atoms with Crippen LogP contribution < -0.4 is 0 Å². The molecule has 0 unspecified atom stereocenters. The highest BCUT2D eigenvalue weighted by Crippen LogP contribution is 2.40. The Hall–Kier alpha value is -3.26. The lowest BCUT2D eigenvalue weighted by molar-refractivity contribution is 0.0432. The van der Waals surface area contributed by atoms with Gasteiger partial charge in [0, 0.05) is 22.2 Å². The molecular formula is C20H15ClN4O4. The van der Waals surface area contributed by atoms with Crippen LogP contribution >= 0.6 is 11.6 Å². The third-order valence-corrected chi connectivity index (χ3v) is 5.00. The second-order valence-corrected chi connectivity index (χ2v) is 7.35. The topological polar surface area (TPSA) is 104 Å². The summed E-state index contributed by atoms with van der Waals surface area (Å²) >= 11 is 5.89. The molecule has 29 heavy (non-hydrogen) atoms. The molecule has 4 aromatic rings. The minimum absolute atomic E-state index is 0.146. The van der Waals surface area contributed by atoms with Crippen molar-refractivity contribution in [2.24, 2.45) is 0 Å². The van der Waals surface area contributed by atoms with Crippen LogP contribution in [0.5, 0.6) is 0 Å². The molecule has 0 spiro atoms. The second-order valence-electron chi connectivity index (χ2n) is 6.91. The first-order chi connectivity index (χ1) is 14.1. The Morgan fingerprint density at radius 3 is 2.72 bits per heavy atom. The van der Waals surface area contributed by atoms with Crippen LogP contribution in [0.25, 0.3) is 22.5 Å². The molecule has 3 aromatic heterocycles. The number of aryl methyl sites for hydroxylation is 1. The molecule has 9 heteroatoms. The zero-order valence-corrected chi connectivity index (χ0v) is 16.1. The summed E-state index contributed by atoms with van der Waals surface area (Å²) < 4.78 is 15.9. The molecule has 0 N–H and O–H groups in total. The predicted octanol–water partition coefficient (Wildman–Crippen LogP) is 4.47. The van der Waals surface area contributed by atoms with E-state index in [9.17, 15) is 4.79 Å². The Balaban J connectivity index is 1.36. The molecule has 0 radical (unpaired) electrons. The number of aromatic nitrogens is 4. The third kappa shape index (κ3) is 3.47. The maximum Gasteiger partial charge on any atom is 0.339 e. The van der Waals surface area contributed by atoms with Crippen molar-refractivity contribution in [3.05, 3.63) is 58.2 Å². The number of fused-ring (bicyclic) bond motifs is 1. The summed E-state index contributed by atoms with van der Waals surface area (Å²) in [6.45, 7) is 1.61. The number of ether oxygens (including phenoxy) is 1. The summed E-state index contributed by atoms with van der Waals surface area (Å²) in [6.07, 6.45) is 2.10. The van der Waals surface area contributed by atoms with Gasteiger partial charge in [-0.15, -0.1) is 0 Å².